The number of terminal acetylenes is 1. The van der Waals surface area contributed by atoms with Crippen molar-refractivity contribution in [3.63, 3.8) is 0 Å². The Hall–Kier alpha value is -0.810. The van der Waals surface area contributed by atoms with Crippen LogP contribution in [0.15, 0.2) is 22.9 Å². The molecule has 2 rings (SSSR count). The molecule has 1 nitrogen and oxygen atoms in total. The quantitative estimate of drug-likeness (QED) is 0.525. The van der Waals surface area contributed by atoms with Gasteiger partial charge < -0.3 is 0 Å². The van der Waals surface area contributed by atoms with E-state index in [0.29, 0.717) is 0 Å². The van der Waals surface area contributed by atoms with Crippen molar-refractivity contribution in [2.75, 3.05) is 0 Å². The van der Waals surface area contributed by atoms with Gasteiger partial charge in [-0.1, -0.05) is 12.0 Å². The van der Waals surface area contributed by atoms with Crippen molar-refractivity contribution in [3.05, 3.63) is 28.5 Å². The Balaban J connectivity index is 2.37. The maximum Gasteiger partial charge on any atom is 0.106 e. The van der Waals surface area contributed by atoms with Crippen LogP contribution in [0.5, 0.6) is 0 Å². The van der Waals surface area contributed by atoms with Crippen molar-refractivity contribution in [2.24, 2.45) is 0 Å². The molecule has 2 heteroatoms. The Labute approximate surface area is 80.3 Å². The lowest BCUT2D eigenvalue weighted by molar-refractivity contribution is 0.915. The molecule has 1 aromatic heterocycles. The van der Waals surface area contributed by atoms with Crippen LogP contribution in [0.4, 0.5) is 0 Å². The van der Waals surface area contributed by atoms with E-state index in [1.54, 1.807) is 0 Å². The summed E-state index contributed by atoms with van der Waals surface area (Å²) in [5.41, 5.74) is 1.20. The Morgan fingerprint density at radius 3 is 2.67 bits per heavy atom. The fourth-order valence-electron chi connectivity index (χ4n) is 1.30. The summed E-state index contributed by atoms with van der Waals surface area (Å²) in [4.78, 5) is 4.15. The Morgan fingerprint density at radius 2 is 2.25 bits per heavy atom. The summed E-state index contributed by atoms with van der Waals surface area (Å²) < 4.78 is 0.860. The standard InChI is InChI=1S/C10H8BrN/c1-2-10(5-6-10)8-3-4-9(11)12-7-8/h1,3-4,7H,5-6H2. The molecule has 0 aromatic carbocycles. The predicted molar refractivity (Wildman–Crippen MR) is 51.7 cm³/mol. The smallest absolute Gasteiger partial charge is 0.106 e. The number of pyridine rings is 1. The van der Waals surface area contributed by atoms with Crippen LogP contribution in [0.2, 0.25) is 0 Å². The highest BCUT2D eigenvalue weighted by Crippen LogP contribution is 2.47. The van der Waals surface area contributed by atoms with Crippen LogP contribution < -0.4 is 0 Å². The molecule has 0 radical (unpaired) electrons. The summed E-state index contributed by atoms with van der Waals surface area (Å²) in [5.74, 6) is 2.83. The largest absolute Gasteiger partial charge is 0.249 e. The van der Waals surface area contributed by atoms with Gasteiger partial charge in [-0.3, -0.25) is 0 Å². The molecular formula is C10H8BrN. The van der Waals surface area contributed by atoms with Crippen LogP contribution in [-0.2, 0) is 5.41 Å². The highest BCUT2D eigenvalue weighted by molar-refractivity contribution is 9.10. The molecule has 0 atom stereocenters. The monoisotopic (exact) mass is 221 g/mol. The van der Waals surface area contributed by atoms with Gasteiger partial charge in [0.05, 0.1) is 5.41 Å². The summed E-state index contributed by atoms with van der Waals surface area (Å²) in [6.45, 7) is 0. The molecular weight excluding hydrogens is 214 g/mol. The Morgan fingerprint density at radius 1 is 1.50 bits per heavy atom. The molecule has 0 N–H and O–H groups in total. The third-order valence-corrected chi connectivity index (χ3v) is 2.78. The molecule has 0 unspecified atom stereocenters. The average molecular weight is 222 g/mol. The van der Waals surface area contributed by atoms with E-state index in [1.165, 1.54) is 5.56 Å². The zero-order chi connectivity index (χ0) is 8.60. The number of rotatable bonds is 1. The first kappa shape index (κ1) is 7.82. The van der Waals surface area contributed by atoms with E-state index >= 15 is 0 Å². The van der Waals surface area contributed by atoms with Crippen LogP contribution in [-0.4, -0.2) is 4.98 Å². The summed E-state index contributed by atoms with van der Waals surface area (Å²) in [6, 6.07) is 3.98. The third kappa shape index (κ3) is 1.15. The number of halogens is 1. The maximum absolute atomic E-state index is 5.45. The fourth-order valence-corrected chi connectivity index (χ4v) is 1.53. The normalized spacial score (nSPS) is 18.3. The van der Waals surface area contributed by atoms with Crippen LogP contribution in [0.1, 0.15) is 18.4 Å². The molecule has 1 aliphatic carbocycles. The van der Waals surface area contributed by atoms with Crippen LogP contribution in [0.25, 0.3) is 0 Å². The van der Waals surface area contributed by atoms with Gasteiger partial charge in [-0.05, 0) is 40.4 Å². The lowest BCUT2D eigenvalue weighted by Crippen LogP contribution is -2.02. The van der Waals surface area contributed by atoms with Crippen molar-refractivity contribution >= 4 is 15.9 Å². The molecule has 0 bridgehead atoms. The molecule has 60 valence electrons. The van der Waals surface area contributed by atoms with E-state index in [0.717, 1.165) is 17.4 Å². The first-order valence-electron chi connectivity index (χ1n) is 3.87. The molecule has 1 fully saturated rings. The molecule has 0 aliphatic heterocycles. The van der Waals surface area contributed by atoms with E-state index in [9.17, 15) is 0 Å². The van der Waals surface area contributed by atoms with Gasteiger partial charge in [-0.15, -0.1) is 6.42 Å². The second-order valence-corrected chi connectivity index (χ2v) is 3.91. The molecule has 0 saturated heterocycles. The fraction of sp³-hybridized carbons (Fsp3) is 0.300. The van der Waals surface area contributed by atoms with Gasteiger partial charge in [-0.2, -0.15) is 0 Å². The Kier molecular flexibility index (Phi) is 1.69. The predicted octanol–water partition coefficient (Wildman–Crippen LogP) is 2.51. The molecule has 0 amide bonds. The van der Waals surface area contributed by atoms with Crippen LogP contribution in [0.3, 0.4) is 0 Å². The van der Waals surface area contributed by atoms with E-state index in [2.05, 4.69) is 26.8 Å². The summed E-state index contributed by atoms with van der Waals surface area (Å²) in [7, 11) is 0. The molecule has 1 heterocycles. The van der Waals surface area contributed by atoms with Crippen molar-refractivity contribution < 1.29 is 0 Å². The van der Waals surface area contributed by atoms with Crippen molar-refractivity contribution in [3.8, 4) is 12.3 Å². The zero-order valence-corrected chi connectivity index (χ0v) is 8.13. The van der Waals surface area contributed by atoms with Crippen LogP contribution >= 0.6 is 15.9 Å². The van der Waals surface area contributed by atoms with Gasteiger partial charge in [0.1, 0.15) is 4.60 Å². The average Bonchev–Trinajstić information content (AvgIpc) is 2.86. The van der Waals surface area contributed by atoms with Gasteiger partial charge in [0, 0.05) is 6.20 Å². The number of aromatic nitrogens is 1. The van der Waals surface area contributed by atoms with Gasteiger partial charge in [0.15, 0.2) is 0 Å². The third-order valence-electron chi connectivity index (χ3n) is 2.31. The van der Waals surface area contributed by atoms with E-state index in [-0.39, 0.29) is 5.41 Å². The minimum Gasteiger partial charge on any atom is -0.249 e. The second-order valence-electron chi connectivity index (χ2n) is 3.10. The highest BCUT2D eigenvalue weighted by Gasteiger charge is 2.42. The number of nitrogens with zero attached hydrogens (tertiary/aromatic N) is 1. The first-order valence-corrected chi connectivity index (χ1v) is 4.66. The van der Waals surface area contributed by atoms with E-state index in [4.69, 9.17) is 6.42 Å². The molecule has 1 saturated carbocycles. The second kappa shape index (κ2) is 2.60. The van der Waals surface area contributed by atoms with Gasteiger partial charge in [0.2, 0.25) is 0 Å². The van der Waals surface area contributed by atoms with Crippen molar-refractivity contribution in [1.29, 1.82) is 0 Å². The van der Waals surface area contributed by atoms with Crippen molar-refractivity contribution in [2.45, 2.75) is 18.3 Å². The Bertz CT molecular complexity index is 330. The minimum absolute atomic E-state index is 0.0215. The SMILES string of the molecule is C#CC1(c2ccc(Br)nc2)CC1. The van der Waals surface area contributed by atoms with Gasteiger partial charge in [-0.25, -0.2) is 4.98 Å². The highest BCUT2D eigenvalue weighted by atomic mass is 79.9. The van der Waals surface area contributed by atoms with E-state index in [1.807, 2.05) is 18.3 Å². The van der Waals surface area contributed by atoms with Crippen molar-refractivity contribution in [1.82, 2.24) is 4.98 Å². The zero-order valence-electron chi connectivity index (χ0n) is 6.55. The lowest BCUT2D eigenvalue weighted by atomic mass is 9.99. The van der Waals surface area contributed by atoms with E-state index < -0.39 is 0 Å². The molecule has 0 spiro atoms. The van der Waals surface area contributed by atoms with Gasteiger partial charge >= 0.3 is 0 Å². The summed E-state index contributed by atoms with van der Waals surface area (Å²) in [5, 5.41) is 0. The van der Waals surface area contributed by atoms with Crippen LogP contribution in [0, 0.1) is 12.3 Å². The lowest BCUT2D eigenvalue weighted by Gasteiger charge is -2.05. The topological polar surface area (TPSA) is 12.9 Å². The number of hydrogen-bond donors (Lipinski definition) is 0. The summed E-state index contributed by atoms with van der Waals surface area (Å²) in [6.07, 6.45) is 9.52. The molecule has 1 aromatic rings. The van der Waals surface area contributed by atoms with Gasteiger partial charge in [0.25, 0.3) is 0 Å². The maximum atomic E-state index is 5.45. The summed E-state index contributed by atoms with van der Waals surface area (Å²) >= 11 is 3.29. The number of hydrogen-bond acceptors (Lipinski definition) is 1. The first-order chi connectivity index (χ1) is 5.77. The molecule has 12 heavy (non-hydrogen) atoms. The minimum atomic E-state index is 0.0215. The molecule has 1 aliphatic rings.